The summed E-state index contributed by atoms with van der Waals surface area (Å²) in [6, 6.07) is 3.76. The van der Waals surface area contributed by atoms with Gasteiger partial charge in [-0.15, -0.1) is 0 Å². The van der Waals surface area contributed by atoms with Gasteiger partial charge in [-0.3, -0.25) is 9.78 Å². The van der Waals surface area contributed by atoms with E-state index in [-0.39, 0.29) is 12.3 Å². The van der Waals surface area contributed by atoms with Crippen LogP contribution in [0.15, 0.2) is 18.3 Å². The van der Waals surface area contributed by atoms with Crippen molar-refractivity contribution in [2.24, 2.45) is 11.7 Å². The van der Waals surface area contributed by atoms with Crippen molar-refractivity contribution >= 4 is 5.91 Å². The zero-order valence-electron chi connectivity index (χ0n) is 11.0. The number of amides is 1. The first kappa shape index (κ1) is 14.4. The molecule has 0 aliphatic carbocycles. The Balaban J connectivity index is 2.31. The number of hydrogen-bond acceptors (Lipinski definition) is 4. The van der Waals surface area contributed by atoms with Crippen LogP contribution in [-0.2, 0) is 11.3 Å². The Morgan fingerprint density at radius 1 is 1.50 bits per heavy atom. The smallest absolute Gasteiger partial charge is 0.220 e. The van der Waals surface area contributed by atoms with Crippen molar-refractivity contribution in [3.8, 4) is 5.75 Å². The molecule has 0 aliphatic heterocycles. The summed E-state index contributed by atoms with van der Waals surface area (Å²) in [6.45, 7) is 6.34. The third-order valence-electron chi connectivity index (χ3n) is 2.27. The summed E-state index contributed by atoms with van der Waals surface area (Å²) >= 11 is 0. The number of carbonyl (C=O) groups is 1. The molecule has 0 aliphatic rings. The molecular formula is C13H21N3O2. The molecule has 100 valence electrons. The van der Waals surface area contributed by atoms with Gasteiger partial charge in [-0.25, -0.2) is 0 Å². The molecule has 0 aromatic carbocycles. The number of pyridine rings is 1. The zero-order valence-corrected chi connectivity index (χ0v) is 11.0. The number of nitrogens with zero attached hydrogens (tertiary/aromatic N) is 1. The summed E-state index contributed by atoms with van der Waals surface area (Å²) in [4.78, 5) is 14.8. The van der Waals surface area contributed by atoms with E-state index in [1.54, 1.807) is 6.20 Å². The van der Waals surface area contributed by atoms with E-state index in [9.17, 15) is 4.79 Å². The lowest BCUT2D eigenvalue weighted by atomic mass is 10.2. The molecule has 1 heterocycles. The van der Waals surface area contributed by atoms with Crippen molar-refractivity contribution in [2.45, 2.75) is 26.8 Å². The maximum absolute atomic E-state index is 10.5. The monoisotopic (exact) mass is 251 g/mol. The number of carbonyl (C=O) groups excluding carboxylic acids is 1. The quantitative estimate of drug-likeness (QED) is 0.725. The topological polar surface area (TPSA) is 77.2 Å². The molecule has 3 N–H and O–H groups in total. The molecule has 0 saturated carbocycles. The Hall–Kier alpha value is -1.62. The molecule has 5 heteroatoms. The van der Waals surface area contributed by atoms with E-state index in [0.29, 0.717) is 18.3 Å². The van der Waals surface area contributed by atoms with Gasteiger partial charge in [0.25, 0.3) is 0 Å². The van der Waals surface area contributed by atoms with Gasteiger partial charge in [-0.1, -0.05) is 13.8 Å². The van der Waals surface area contributed by atoms with Crippen LogP contribution >= 0.6 is 0 Å². The summed E-state index contributed by atoms with van der Waals surface area (Å²) in [5.41, 5.74) is 5.99. The molecule has 5 nitrogen and oxygen atoms in total. The molecule has 0 bridgehead atoms. The van der Waals surface area contributed by atoms with Gasteiger partial charge in [0.05, 0.1) is 24.9 Å². The summed E-state index contributed by atoms with van der Waals surface area (Å²) in [6.07, 6.45) is 1.88. The van der Waals surface area contributed by atoms with Crippen molar-refractivity contribution in [2.75, 3.05) is 13.2 Å². The van der Waals surface area contributed by atoms with Crippen LogP contribution in [0.1, 0.15) is 26.0 Å². The molecule has 0 unspecified atom stereocenters. The predicted octanol–water partition coefficient (Wildman–Crippen LogP) is 1.08. The second-order valence-electron chi connectivity index (χ2n) is 4.57. The first-order chi connectivity index (χ1) is 8.58. The number of nitrogens with two attached hydrogens (primary N) is 1. The number of rotatable bonds is 8. The Labute approximate surface area is 108 Å². The number of hydrogen-bond donors (Lipinski definition) is 2. The summed E-state index contributed by atoms with van der Waals surface area (Å²) in [5.74, 6) is 0.919. The van der Waals surface area contributed by atoms with E-state index in [1.807, 2.05) is 12.1 Å². The fourth-order valence-corrected chi connectivity index (χ4v) is 1.36. The largest absolute Gasteiger partial charge is 0.491 e. The second-order valence-corrected chi connectivity index (χ2v) is 4.57. The van der Waals surface area contributed by atoms with Gasteiger partial charge in [0.1, 0.15) is 5.75 Å². The third-order valence-corrected chi connectivity index (χ3v) is 2.27. The van der Waals surface area contributed by atoms with Crippen molar-refractivity contribution in [1.82, 2.24) is 10.3 Å². The molecule has 0 spiro atoms. The lowest BCUT2D eigenvalue weighted by Gasteiger charge is -2.08. The highest BCUT2D eigenvalue weighted by molar-refractivity contribution is 5.73. The zero-order chi connectivity index (χ0) is 13.4. The van der Waals surface area contributed by atoms with Gasteiger partial charge in [0.2, 0.25) is 5.91 Å². The fourth-order valence-electron chi connectivity index (χ4n) is 1.36. The number of nitrogens with one attached hydrogen (secondary N) is 1. The molecule has 1 aromatic rings. The van der Waals surface area contributed by atoms with Crippen molar-refractivity contribution < 1.29 is 9.53 Å². The van der Waals surface area contributed by atoms with Crippen LogP contribution < -0.4 is 15.8 Å². The highest BCUT2D eigenvalue weighted by Gasteiger charge is 1.99. The Bertz CT molecular complexity index is 363. The van der Waals surface area contributed by atoms with Gasteiger partial charge in [0, 0.05) is 6.54 Å². The van der Waals surface area contributed by atoms with Crippen molar-refractivity contribution in [3.05, 3.63) is 24.0 Å². The fraction of sp³-hybridized carbons (Fsp3) is 0.538. The van der Waals surface area contributed by atoms with E-state index in [2.05, 4.69) is 24.1 Å². The first-order valence-corrected chi connectivity index (χ1v) is 6.14. The number of aromatic nitrogens is 1. The summed E-state index contributed by atoms with van der Waals surface area (Å²) in [7, 11) is 0. The molecule has 0 fully saturated rings. The molecular weight excluding hydrogens is 230 g/mol. The first-order valence-electron chi connectivity index (χ1n) is 6.14. The van der Waals surface area contributed by atoms with Crippen LogP contribution in [0.5, 0.6) is 5.75 Å². The molecule has 0 saturated heterocycles. The number of ether oxygens (including phenoxy) is 1. The van der Waals surface area contributed by atoms with Gasteiger partial charge in [-0.05, 0) is 24.6 Å². The van der Waals surface area contributed by atoms with E-state index >= 15 is 0 Å². The summed E-state index contributed by atoms with van der Waals surface area (Å²) in [5, 5.41) is 3.31. The molecule has 1 aromatic heterocycles. The van der Waals surface area contributed by atoms with E-state index in [4.69, 9.17) is 10.5 Å². The normalized spacial score (nSPS) is 10.6. The molecule has 0 atom stereocenters. The van der Waals surface area contributed by atoms with E-state index in [1.165, 1.54) is 0 Å². The van der Waals surface area contributed by atoms with E-state index < -0.39 is 0 Å². The van der Waals surface area contributed by atoms with Crippen LogP contribution in [0.4, 0.5) is 0 Å². The van der Waals surface area contributed by atoms with E-state index in [0.717, 1.165) is 18.8 Å². The number of primary amides is 1. The molecule has 18 heavy (non-hydrogen) atoms. The van der Waals surface area contributed by atoms with Gasteiger partial charge >= 0.3 is 0 Å². The highest BCUT2D eigenvalue weighted by atomic mass is 16.5. The maximum atomic E-state index is 10.5. The van der Waals surface area contributed by atoms with Crippen LogP contribution in [0, 0.1) is 5.92 Å². The average Bonchev–Trinajstić information content (AvgIpc) is 2.30. The van der Waals surface area contributed by atoms with Gasteiger partial charge in [0.15, 0.2) is 0 Å². The van der Waals surface area contributed by atoms with Crippen LogP contribution in [0.25, 0.3) is 0 Å². The molecule has 1 rings (SSSR count). The lowest BCUT2D eigenvalue weighted by Crippen LogP contribution is -2.19. The van der Waals surface area contributed by atoms with Crippen LogP contribution in [-0.4, -0.2) is 24.0 Å². The second kappa shape index (κ2) is 7.66. The van der Waals surface area contributed by atoms with Crippen molar-refractivity contribution in [3.63, 3.8) is 0 Å². The minimum Gasteiger partial charge on any atom is -0.491 e. The minimum atomic E-state index is -0.363. The Morgan fingerprint density at radius 3 is 2.83 bits per heavy atom. The van der Waals surface area contributed by atoms with Gasteiger partial charge in [-0.2, -0.15) is 0 Å². The maximum Gasteiger partial charge on any atom is 0.220 e. The standard InChI is InChI=1S/C13H21N3O2/c1-10(2)7-15-8-11-3-4-12(9-16-11)18-6-5-13(14)17/h3-4,9-10,15H,5-8H2,1-2H3,(H2,14,17). The Morgan fingerprint density at radius 2 is 2.28 bits per heavy atom. The SMILES string of the molecule is CC(C)CNCc1ccc(OCCC(N)=O)cn1. The highest BCUT2D eigenvalue weighted by Crippen LogP contribution is 2.09. The van der Waals surface area contributed by atoms with Crippen LogP contribution in [0.3, 0.4) is 0 Å². The van der Waals surface area contributed by atoms with Gasteiger partial charge < -0.3 is 15.8 Å². The lowest BCUT2D eigenvalue weighted by molar-refractivity contribution is -0.118. The van der Waals surface area contributed by atoms with Crippen molar-refractivity contribution in [1.29, 1.82) is 0 Å². The molecule has 1 amide bonds. The third kappa shape index (κ3) is 6.20. The summed E-state index contributed by atoms with van der Waals surface area (Å²) < 4.78 is 5.33. The molecule has 0 radical (unpaired) electrons. The Kier molecular flexibility index (Phi) is 6.14. The average molecular weight is 251 g/mol. The van der Waals surface area contributed by atoms with Crippen LogP contribution in [0.2, 0.25) is 0 Å². The predicted molar refractivity (Wildman–Crippen MR) is 70.1 cm³/mol. The minimum absolute atomic E-state index is 0.220.